The Morgan fingerprint density at radius 2 is 2.15 bits per heavy atom. The predicted octanol–water partition coefficient (Wildman–Crippen LogP) is 3.93. The molecule has 0 bridgehead atoms. The Bertz CT molecular complexity index is 1020. The molecule has 2 N–H and O–H groups in total. The van der Waals surface area contributed by atoms with Crippen LogP contribution in [0.4, 0.5) is 0 Å². The van der Waals surface area contributed by atoms with Gasteiger partial charge in [0.05, 0.1) is 13.3 Å². The van der Waals surface area contributed by atoms with Gasteiger partial charge in [0.1, 0.15) is 11.5 Å². The van der Waals surface area contributed by atoms with Crippen LogP contribution in [0.1, 0.15) is 11.1 Å². The summed E-state index contributed by atoms with van der Waals surface area (Å²) >= 11 is 5.27. The van der Waals surface area contributed by atoms with Crippen LogP contribution in [0.2, 0.25) is 0 Å². The molecular weight excluding hydrogens is 348 g/mol. The fraction of sp³-hybridized carbons (Fsp3) is 0.105. The van der Waals surface area contributed by atoms with Crippen molar-refractivity contribution >= 4 is 18.4 Å². The number of ether oxygens (including phenoxy) is 1. The summed E-state index contributed by atoms with van der Waals surface area (Å²) in [6.07, 6.45) is 3.87. The molecule has 0 amide bonds. The zero-order chi connectivity index (χ0) is 18.5. The van der Waals surface area contributed by atoms with E-state index in [2.05, 4.69) is 21.9 Å². The molecule has 0 saturated heterocycles. The number of H-pyrrole nitrogens is 1. The number of benzene rings is 2. The maximum atomic E-state index is 10.4. The molecule has 3 aromatic rings. The Kier molecular flexibility index (Phi) is 5.28. The van der Waals surface area contributed by atoms with Crippen LogP contribution in [-0.4, -0.2) is 33.3 Å². The van der Waals surface area contributed by atoms with Gasteiger partial charge in [-0.15, -0.1) is 6.58 Å². The normalized spacial score (nSPS) is 11.0. The van der Waals surface area contributed by atoms with Crippen molar-refractivity contribution < 1.29 is 9.84 Å². The van der Waals surface area contributed by atoms with E-state index >= 15 is 0 Å². The number of aromatic nitrogens is 3. The number of allylic oxidation sites excluding steroid dienone is 1. The van der Waals surface area contributed by atoms with Crippen molar-refractivity contribution in [3.8, 4) is 22.9 Å². The zero-order valence-electron chi connectivity index (χ0n) is 14.2. The number of phenols is 1. The third kappa shape index (κ3) is 3.57. The Hall–Kier alpha value is -3.19. The van der Waals surface area contributed by atoms with E-state index < -0.39 is 0 Å². The van der Waals surface area contributed by atoms with Crippen LogP contribution in [-0.2, 0) is 6.42 Å². The zero-order valence-corrected chi connectivity index (χ0v) is 15.0. The van der Waals surface area contributed by atoms with Gasteiger partial charge in [0.25, 0.3) is 0 Å². The minimum Gasteiger partial charge on any atom is -0.507 e. The van der Waals surface area contributed by atoms with Gasteiger partial charge in [-0.1, -0.05) is 30.3 Å². The van der Waals surface area contributed by atoms with Crippen LogP contribution < -0.4 is 4.74 Å². The van der Waals surface area contributed by atoms with Gasteiger partial charge < -0.3 is 9.84 Å². The van der Waals surface area contributed by atoms with Gasteiger partial charge in [0, 0.05) is 11.1 Å². The molecular formula is C19H18N4O2S. The number of aromatic amines is 1. The number of aromatic hydroxyl groups is 1. The summed E-state index contributed by atoms with van der Waals surface area (Å²) in [4.78, 5) is 0. The van der Waals surface area contributed by atoms with Crippen LogP contribution in [0.15, 0.2) is 60.2 Å². The van der Waals surface area contributed by atoms with Crippen molar-refractivity contribution in [1.82, 2.24) is 14.9 Å². The topological polar surface area (TPSA) is 75.4 Å². The van der Waals surface area contributed by atoms with E-state index in [9.17, 15) is 5.11 Å². The monoisotopic (exact) mass is 366 g/mol. The van der Waals surface area contributed by atoms with E-state index in [4.69, 9.17) is 17.0 Å². The molecule has 6 nitrogen and oxygen atoms in total. The summed E-state index contributed by atoms with van der Waals surface area (Å²) < 4.78 is 7.10. The summed E-state index contributed by atoms with van der Waals surface area (Å²) in [5.41, 5.74) is 2.18. The van der Waals surface area contributed by atoms with Gasteiger partial charge in [-0.2, -0.15) is 14.9 Å². The highest BCUT2D eigenvalue weighted by Crippen LogP contribution is 2.24. The highest BCUT2D eigenvalue weighted by Gasteiger charge is 2.10. The Morgan fingerprint density at radius 3 is 2.92 bits per heavy atom. The van der Waals surface area contributed by atoms with Crippen LogP contribution in [0, 0.1) is 4.77 Å². The molecule has 2 aromatic carbocycles. The molecule has 7 heteroatoms. The number of hydrogen-bond acceptors (Lipinski definition) is 5. The number of nitrogens with zero attached hydrogens (tertiary/aromatic N) is 3. The number of rotatable bonds is 6. The van der Waals surface area contributed by atoms with Crippen molar-refractivity contribution in [2.75, 3.05) is 7.11 Å². The Morgan fingerprint density at radius 1 is 1.35 bits per heavy atom. The van der Waals surface area contributed by atoms with Crippen molar-refractivity contribution in [3.05, 3.63) is 71.0 Å². The molecule has 0 aliphatic heterocycles. The number of nitrogens with one attached hydrogen (secondary N) is 1. The van der Waals surface area contributed by atoms with E-state index in [-0.39, 0.29) is 5.75 Å². The summed E-state index contributed by atoms with van der Waals surface area (Å²) in [6, 6.07) is 12.9. The second-order valence-electron chi connectivity index (χ2n) is 5.49. The molecule has 0 aliphatic carbocycles. The number of methoxy groups -OCH3 is 1. The average Bonchev–Trinajstić information content (AvgIpc) is 3.03. The first-order valence-corrected chi connectivity index (χ1v) is 8.33. The van der Waals surface area contributed by atoms with E-state index in [1.54, 1.807) is 25.5 Å². The highest BCUT2D eigenvalue weighted by atomic mass is 32.1. The number of phenolic OH excluding ortho intramolecular Hbond substituents is 1. The number of hydrogen-bond donors (Lipinski definition) is 2. The summed E-state index contributed by atoms with van der Waals surface area (Å²) in [5, 5.41) is 21.7. The summed E-state index contributed by atoms with van der Waals surface area (Å²) in [6.45, 7) is 3.70. The summed E-state index contributed by atoms with van der Waals surface area (Å²) in [5.74, 6) is 1.43. The highest BCUT2D eigenvalue weighted by molar-refractivity contribution is 7.71. The van der Waals surface area contributed by atoms with Crippen LogP contribution in [0.5, 0.6) is 11.5 Å². The van der Waals surface area contributed by atoms with Crippen LogP contribution >= 0.6 is 12.2 Å². The van der Waals surface area contributed by atoms with Gasteiger partial charge in [0.15, 0.2) is 5.82 Å². The van der Waals surface area contributed by atoms with Crippen LogP contribution in [0.3, 0.4) is 0 Å². The first-order chi connectivity index (χ1) is 12.6. The molecule has 26 heavy (non-hydrogen) atoms. The Balaban J connectivity index is 2.00. The molecule has 3 rings (SSSR count). The molecule has 0 aliphatic rings. The maximum absolute atomic E-state index is 10.4. The van der Waals surface area contributed by atoms with Gasteiger partial charge in [-0.05, 0) is 42.4 Å². The first kappa shape index (κ1) is 17.6. The molecule has 1 aromatic heterocycles. The second-order valence-corrected chi connectivity index (χ2v) is 5.88. The molecule has 0 unspecified atom stereocenters. The first-order valence-electron chi connectivity index (χ1n) is 7.92. The van der Waals surface area contributed by atoms with Gasteiger partial charge in [-0.3, -0.25) is 0 Å². The second kappa shape index (κ2) is 7.79. The van der Waals surface area contributed by atoms with Crippen molar-refractivity contribution in [1.29, 1.82) is 0 Å². The van der Waals surface area contributed by atoms with Crippen molar-refractivity contribution in [2.24, 2.45) is 5.10 Å². The minimum atomic E-state index is 0.175. The summed E-state index contributed by atoms with van der Waals surface area (Å²) in [7, 11) is 1.60. The third-order valence-corrected chi connectivity index (χ3v) is 4.07. The lowest BCUT2D eigenvalue weighted by atomic mass is 10.1. The van der Waals surface area contributed by atoms with Crippen molar-refractivity contribution in [3.63, 3.8) is 0 Å². The fourth-order valence-corrected chi connectivity index (χ4v) is 2.68. The largest absolute Gasteiger partial charge is 0.507 e. The van der Waals surface area contributed by atoms with E-state index in [1.165, 1.54) is 4.68 Å². The molecule has 0 saturated carbocycles. The van der Waals surface area contributed by atoms with E-state index in [0.717, 1.165) is 11.1 Å². The molecule has 0 radical (unpaired) electrons. The lowest BCUT2D eigenvalue weighted by Crippen LogP contribution is -1.96. The third-order valence-electron chi connectivity index (χ3n) is 3.81. The van der Waals surface area contributed by atoms with Crippen LogP contribution in [0.25, 0.3) is 11.4 Å². The molecule has 1 heterocycles. The smallest absolute Gasteiger partial charge is 0.216 e. The standard InChI is InChI=1S/C19H18N4O2S/c1-3-6-13-7-4-9-15(17(13)24)12-20-23-18(21-22-19(23)26)14-8-5-10-16(11-14)25-2/h3-5,7-12,24H,1,6H2,2H3,(H,22,26)/b20-12+. The molecule has 0 fully saturated rings. The molecule has 0 spiro atoms. The Labute approximate surface area is 156 Å². The van der Waals surface area contributed by atoms with Crippen molar-refractivity contribution in [2.45, 2.75) is 6.42 Å². The molecule has 0 atom stereocenters. The average molecular weight is 366 g/mol. The minimum absolute atomic E-state index is 0.175. The van der Waals surface area contributed by atoms with Gasteiger partial charge in [-0.25, -0.2) is 5.10 Å². The maximum Gasteiger partial charge on any atom is 0.216 e. The number of para-hydroxylation sites is 1. The quantitative estimate of drug-likeness (QED) is 0.394. The lowest BCUT2D eigenvalue weighted by Gasteiger charge is -2.06. The van der Waals surface area contributed by atoms with Gasteiger partial charge >= 0.3 is 0 Å². The lowest BCUT2D eigenvalue weighted by molar-refractivity contribution is 0.415. The fourth-order valence-electron chi connectivity index (χ4n) is 2.50. The van der Waals surface area contributed by atoms with Gasteiger partial charge in [0.2, 0.25) is 4.77 Å². The predicted molar refractivity (Wildman–Crippen MR) is 104 cm³/mol. The van der Waals surface area contributed by atoms with E-state index in [1.807, 2.05) is 36.4 Å². The van der Waals surface area contributed by atoms with E-state index in [0.29, 0.717) is 28.3 Å². The molecule has 132 valence electrons. The SMILES string of the molecule is C=CCc1cccc(/C=N/n2c(-c3cccc(OC)c3)n[nH]c2=S)c1O.